The molecular weight excluding hydrogens is 212 g/mol. The van der Waals surface area contributed by atoms with Crippen molar-refractivity contribution in [2.24, 2.45) is 0 Å². The first kappa shape index (κ1) is 14.0. The Kier molecular flexibility index (Phi) is 5.45. The topological polar surface area (TPSA) is 49.5 Å². The highest BCUT2D eigenvalue weighted by Gasteiger charge is 2.07. The van der Waals surface area contributed by atoms with Gasteiger partial charge >= 0.3 is 0 Å². The number of aliphatic hydroxyl groups excluding tert-OH is 1. The first-order valence-electron chi connectivity index (χ1n) is 6.23. The van der Waals surface area contributed by atoms with E-state index in [-0.39, 0.29) is 6.10 Å². The summed E-state index contributed by atoms with van der Waals surface area (Å²) in [6.07, 6.45) is 2.35. The maximum atomic E-state index is 9.80. The molecule has 0 spiro atoms. The van der Waals surface area contributed by atoms with Crippen molar-refractivity contribution in [3.05, 3.63) is 29.3 Å². The van der Waals surface area contributed by atoms with Crippen LogP contribution < -0.4 is 5.73 Å². The van der Waals surface area contributed by atoms with Gasteiger partial charge in [0, 0.05) is 12.2 Å². The van der Waals surface area contributed by atoms with E-state index in [2.05, 4.69) is 17.9 Å². The third-order valence-corrected chi connectivity index (χ3v) is 2.79. The first-order valence-corrected chi connectivity index (χ1v) is 6.23. The molecule has 1 unspecified atom stereocenters. The summed E-state index contributed by atoms with van der Waals surface area (Å²) >= 11 is 0. The van der Waals surface area contributed by atoms with Gasteiger partial charge in [0.25, 0.3) is 0 Å². The lowest BCUT2D eigenvalue weighted by Crippen LogP contribution is -2.14. The molecule has 0 saturated carbocycles. The van der Waals surface area contributed by atoms with E-state index in [0.717, 1.165) is 36.2 Å². The number of hydrogen-bond donors (Lipinski definition) is 2. The number of hydrogen-bond acceptors (Lipinski definition) is 3. The molecule has 0 aliphatic rings. The molecule has 1 aromatic rings. The van der Waals surface area contributed by atoms with Gasteiger partial charge in [0.05, 0.1) is 6.10 Å². The quantitative estimate of drug-likeness (QED) is 0.743. The van der Waals surface area contributed by atoms with Gasteiger partial charge in [-0.1, -0.05) is 25.5 Å². The zero-order valence-electron chi connectivity index (χ0n) is 11.1. The lowest BCUT2D eigenvalue weighted by atomic mass is 10.0. The van der Waals surface area contributed by atoms with Crippen LogP contribution in [0.5, 0.6) is 0 Å². The Bertz CT molecular complexity index is 350. The summed E-state index contributed by atoms with van der Waals surface area (Å²) in [5, 5.41) is 9.80. The Morgan fingerprint density at radius 3 is 2.65 bits per heavy atom. The predicted molar refractivity (Wildman–Crippen MR) is 72.9 cm³/mol. The number of anilines is 1. The van der Waals surface area contributed by atoms with Crippen molar-refractivity contribution in [2.75, 3.05) is 19.8 Å². The molecule has 0 radical (unpaired) electrons. The highest BCUT2D eigenvalue weighted by molar-refractivity contribution is 5.48. The Balaban J connectivity index is 2.74. The average Bonchev–Trinajstić information content (AvgIpc) is 2.22. The normalized spacial score (nSPS) is 13.0. The lowest BCUT2D eigenvalue weighted by Gasteiger charge is -2.15. The van der Waals surface area contributed by atoms with Gasteiger partial charge in [-0.05, 0) is 44.1 Å². The molecule has 0 aromatic heterocycles. The first-order chi connectivity index (χ1) is 8.02. The smallest absolute Gasteiger partial charge is 0.0580 e. The molecule has 96 valence electrons. The van der Waals surface area contributed by atoms with Gasteiger partial charge in [-0.2, -0.15) is 0 Å². The van der Waals surface area contributed by atoms with Crippen LogP contribution in [0.4, 0.5) is 5.69 Å². The number of nitrogens with two attached hydrogens (primary N) is 1. The van der Waals surface area contributed by atoms with Crippen LogP contribution in [0.15, 0.2) is 18.2 Å². The highest BCUT2D eigenvalue weighted by Crippen LogP contribution is 2.17. The van der Waals surface area contributed by atoms with Gasteiger partial charge < -0.3 is 15.7 Å². The number of benzene rings is 1. The molecule has 1 atom stereocenters. The van der Waals surface area contributed by atoms with Gasteiger partial charge in [0.2, 0.25) is 0 Å². The van der Waals surface area contributed by atoms with Crippen LogP contribution in [-0.4, -0.2) is 30.2 Å². The van der Waals surface area contributed by atoms with Crippen molar-refractivity contribution in [3.8, 4) is 0 Å². The van der Waals surface area contributed by atoms with Crippen molar-refractivity contribution in [1.82, 2.24) is 4.90 Å². The van der Waals surface area contributed by atoms with Crippen molar-refractivity contribution in [2.45, 2.75) is 38.8 Å². The van der Waals surface area contributed by atoms with Crippen LogP contribution in [0.25, 0.3) is 0 Å². The summed E-state index contributed by atoms with van der Waals surface area (Å²) in [5.74, 6) is 0. The minimum Gasteiger partial charge on any atom is -0.398 e. The van der Waals surface area contributed by atoms with Crippen LogP contribution in [-0.2, 0) is 13.0 Å². The number of rotatable bonds is 6. The second-order valence-corrected chi connectivity index (χ2v) is 4.92. The molecule has 1 rings (SSSR count). The van der Waals surface area contributed by atoms with Crippen molar-refractivity contribution < 1.29 is 5.11 Å². The monoisotopic (exact) mass is 236 g/mol. The molecular formula is C14H24N2O. The van der Waals surface area contributed by atoms with Gasteiger partial charge in [-0.15, -0.1) is 0 Å². The largest absolute Gasteiger partial charge is 0.398 e. The van der Waals surface area contributed by atoms with E-state index in [9.17, 15) is 5.11 Å². The van der Waals surface area contributed by atoms with Crippen molar-refractivity contribution in [3.63, 3.8) is 0 Å². The van der Waals surface area contributed by atoms with Crippen LogP contribution in [0.2, 0.25) is 0 Å². The Morgan fingerprint density at radius 2 is 2.06 bits per heavy atom. The van der Waals surface area contributed by atoms with Crippen LogP contribution in [0.3, 0.4) is 0 Å². The van der Waals surface area contributed by atoms with Crippen LogP contribution in [0.1, 0.15) is 30.9 Å². The fourth-order valence-corrected chi connectivity index (χ4v) is 1.97. The molecule has 0 aliphatic carbocycles. The van der Waals surface area contributed by atoms with Gasteiger partial charge in [0.1, 0.15) is 0 Å². The fraction of sp³-hybridized carbons (Fsp3) is 0.571. The zero-order chi connectivity index (χ0) is 12.8. The maximum Gasteiger partial charge on any atom is 0.0580 e. The molecule has 3 heteroatoms. The summed E-state index contributed by atoms with van der Waals surface area (Å²) in [5.41, 5.74) is 9.06. The van der Waals surface area contributed by atoms with E-state index in [1.54, 1.807) is 0 Å². The molecule has 0 heterocycles. The Labute approximate surface area is 104 Å². The number of nitrogens with zero attached hydrogens (tertiary/aromatic N) is 1. The van der Waals surface area contributed by atoms with E-state index in [1.807, 2.05) is 26.2 Å². The average molecular weight is 236 g/mol. The molecule has 17 heavy (non-hydrogen) atoms. The number of nitrogen functional groups attached to an aromatic ring is 1. The molecule has 1 aromatic carbocycles. The molecule has 3 nitrogen and oxygen atoms in total. The molecule has 0 aliphatic heterocycles. The van der Waals surface area contributed by atoms with Gasteiger partial charge in [0.15, 0.2) is 0 Å². The zero-order valence-corrected chi connectivity index (χ0v) is 11.1. The molecule has 0 saturated heterocycles. The lowest BCUT2D eigenvalue weighted by molar-refractivity contribution is 0.164. The SMILES string of the molecule is CCCC(O)Cc1ccc(N)c(CN(C)C)c1. The van der Waals surface area contributed by atoms with Crippen LogP contribution >= 0.6 is 0 Å². The van der Waals surface area contributed by atoms with E-state index in [0.29, 0.717) is 6.42 Å². The minimum absolute atomic E-state index is 0.240. The van der Waals surface area contributed by atoms with E-state index < -0.39 is 0 Å². The van der Waals surface area contributed by atoms with E-state index in [4.69, 9.17) is 5.73 Å². The van der Waals surface area contributed by atoms with Gasteiger partial charge in [-0.25, -0.2) is 0 Å². The summed E-state index contributed by atoms with van der Waals surface area (Å²) in [7, 11) is 4.05. The predicted octanol–water partition coefficient (Wildman–Crippen LogP) is 2.03. The van der Waals surface area contributed by atoms with E-state index >= 15 is 0 Å². The Morgan fingerprint density at radius 1 is 1.35 bits per heavy atom. The Hall–Kier alpha value is -1.06. The molecule has 0 amide bonds. The third kappa shape index (κ3) is 4.75. The summed E-state index contributed by atoms with van der Waals surface area (Å²) in [4.78, 5) is 2.10. The highest BCUT2D eigenvalue weighted by atomic mass is 16.3. The van der Waals surface area contributed by atoms with Crippen molar-refractivity contribution in [1.29, 1.82) is 0 Å². The minimum atomic E-state index is -0.240. The molecule has 0 bridgehead atoms. The molecule has 3 N–H and O–H groups in total. The fourth-order valence-electron chi connectivity index (χ4n) is 1.97. The summed E-state index contributed by atoms with van der Waals surface area (Å²) < 4.78 is 0. The van der Waals surface area contributed by atoms with Crippen molar-refractivity contribution >= 4 is 5.69 Å². The second-order valence-electron chi connectivity index (χ2n) is 4.92. The standard InChI is InChI=1S/C14H24N2O/c1-4-5-13(17)9-11-6-7-14(15)12(8-11)10-16(2)3/h6-8,13,17H,4-5,9-10,15H2,1-3H3. The number of aliphatic hydroxyl groups is 1. The molecule has 0 fully saturated rings. The van der Waals surface area contributed by atoms with Crippen LogP contribution in [0, 0.1) is 0 Å². The summed E-state index contributed by atoms with van der Waals surface area (Å²) in [6.45, 7) is 2.92. The summed E-state index contributed by atoms with van der Waals surface area (Å²) in [6, 6.07) is 6.05. The third-order valence-electron chi connectivity index (χ3n) is 2.79. The second kappa shape index (κ2) is 6.62. The van der Waals surface area contributed by atoms with E-state index in [1.165, 1.54) is 0 Å². The maximum absolute atomic E-state index is 9.80. The van der Waals surface area contributed by atoms with Gasteiger partial charge in [-0.3, -0.25) is 0 Å².